The zero-order chi connectivity index (χ0) is 21.8. The van der Waals surface area contributed by atoms with Crippen molar-refractivity contribution in [2.45, 2.75) is 6.92 Å². The minimum atomic E-state index is -1.06. The first kappa shape index (κ1) is 21.6. The molecule has 2 N–H and O–H groups in total. The molecule has 0 aliphatic rings. The number of rotatable bonds is 6. The molecule has 8 heteroatoms. The van der Waals surface area contributed by atoms with Gasteiger partial charge in [-0.25, -0.2) is 9.18 Å². The Bertz CT molecular complexity index is 1080. The van der Waals surface area contributed by atoms with E-state index in [1.54, 1.807) is 29.2 Å². The molecule has 1 amide bonds. The van der Waals surface area contributed by atoms with Gasteiger partial charge < -0.3 is 15.3 Å². The van der Waals surface area contributed by atoms with Crippen LogP contribution in [0.4, 0.5) is 21.5 Å². The molecular weight excluding hydrogens is 430 g/mol. The zero-order valence-corrected chi connectivity index (χ0v) is 17.3. The number of carbonyl (C=O) groups is 2. The van der Waals surface area contributed by atoms with E-state index in [0.717, 1.165) is 0 Å². The third-order valence-corrected chi connectivity index (χ3v) is 5.07. The van der Waals surface area contributed by atoms with E-state index >= 15 is 0 Å². The van der Waals surface area contributed by atoms with Crippen molar-refractivity contribution in [1.82, 2.24) is 0 Å². The van der Waals surface area contributed by atoms with Gasteiger partial charge in [-0.1, -0.05) is 35.3 Å². The van der Waals surface area contributed by atoms with Crippen LogP contribution in [0, 0.1) is 5.82 Å². The van der Waals surface area contributed by atoms with Crippen molar-refractivity contribution >= 4 is 52.1 Å². The quantitative estimate of drug-likeness (QED) is 0.469. The first-order valence-electron chi connectivity index (χ1n) is 8.98. The van der Waals surface area contributed by atoms with Gasteiger partial charge in [0.25, 0.3) is 5.91 Å². The van der Waals surface area contributed by atoms with E-state index < -0.39 is 17.7 Å². The van der Waals surface area contributed by atoms with E-state index in [1.165, 1.54) is 36.4 Å². The van der Waals surface area contributed by atoms with Gasteiger partial charge in [0.1, 0.15) is 11.5 Å². The number of hydrogen-bond donors (Lipinski definition) is 2. The van der Waals surface area contributed by atoms with Crippen LogP contribution in [0.25, 0.3) is 0 Å². The highest BCUT2D eigenvalue weighted by Gasteiger charge is 2.21. The van der Waals surface area contributed by atoms with Crippen molar-refractivity contribution in [3.63, 3.8) is 0 Å². The molecular formula is C22H17Cl2FN2O3. The van der Waals surface area contributed by atoms with Crippen LogP contribution < -0.4 is 10.2 Å². The van der Waals surface area contributed by atoms with Crippen LogP contribution in [-0.4, -0.2) is 23.5 Å². The lowest BCUT2D eigenvalue weighted by atomic mass is 10.1. The number of hydrogen-bond acceptors (Lipinski definition) is 3. The summed E-state index contributed by atoms with van der Waals surface area (Å²) in [5.41, 5.74) is 1.13. The maximum Gasteiger partial charge on any atom is 0.335 e. The lowest BCUT2D eigenvalue weighted by Crippen LogP contribution is -2.21. The fraction of sp³-hybridized carbons (Fsp3) is 0.0909. The van der Waals surface area contributed by atoms with Crippen molar-refractivity contribution < 1.29 is 19.1 Å². The average molecular weight is 447 g/mol. The number of carbonyl (C=O) groups excluding carboxylic acids is 1. The van der Waals surface area contributed by atoms with Gasteiger partial charge in [-0.15, -0.1) is 0 Å². The second kappa shape index (κ2) is 9.15. The molecule has 30 heavy (non-hydrogen) atoms. The number of para-hydroxylation sites is 1. The largest absolute Gasteiger partial charge is 0.478 e. The van der Waals surface area contributed by atoms with E-state index in [0.29, 0.717) is 12.2 Å². The zero-order valence-electron chi connectivity index (χ0n) is 15.8. The van der Waals surface area contributed by atoms with Crippen LogP contribution >= 0.6 is 23.2 Å². The first-order chi connectivity index (χ1) is 14.3. The van der Waals surface area contributed by atoms with Gasteiger partial charge in [-0.05, 0) is 55.5 Å². The number of anilines is 3. The van der Waals surface area contributed by atoms with Crippen LogP contribution in [0.2, 0.25) is 10.0 Å². The third kappa shape index (κ3) is 4.40. The molecule has 0 saturated carbocycles. The molecule has 0 fully saturated rings. The number of halogens is 3. The summed E-state index contributed by atoms with van der Waals surface area (Å²) in [6.45, 7) is 2.18. The second-order valence-corrected chi connectivity index (χ2v) is 7.10. The molecule has 3 aromatic rings. The maximum atomic E-state index is 14.9. The monoisotopic (exact) mass is 446 g/mol. The van der Waals surface area contributed by atoms with Crippen LogP contribution in [0.5, 0.6) is 0 Å². The Kier molecular flexibility index (Phi) is 6.59. The van der Waals surface area contributed by atoms with Crippen molar-refractivity contribution in [2.75, 3.05) is 16.8 Å². The van der Waals surface area contributed by atoms with Crippen LogP contribution in [-0.2, 0) is 0 Å². The first-order valence-corrected chi connectivity index (χ1v) is 9.73. The molecule has 0 aliphatic carbocycles. The lowest BCUT2D eigenvalue weighted by Gasteiger charge is -2.26. The summed E-state index contributed by atoms with van der Waals surface area (Å²) in [4.78, 5) is 25.5. The highest BCUT2D eigenvalue weighted by atomic mass is 35.5. The van der Waals surface area contributed by atoms with Crippen molar-refractivity contribution in [1.29, 1.82) is 0 Å². The Balaban J connectivity index is 2.01. The van der Waals surface area contributed by atoms with Gasteiger partial charge in [0.2, 0.25) is 0 Å². The fourth-order valence-electron chi connectivity index (χ4n) is 3.04. The van der Waals surface area contributed by atoms with Gasteiger partial charge >= 0.3 is 5.97 Å². The number of benzene rings is 3. The van der Waals surface area contributed by atoms with Gasteiger partial charge in [0.15, 0.2) is 0 Å². The Morgan fingerprint density at radius 2 is 1.60 bits per heavy atom. The van der Waals surface area contributed by atoms with Crippen molar-refractivity contribution in [3.05, 3.63) is 87.7 Å². The minimum absolute atomic E-state index is 0.0879. The summed E-state index contributed by atoms with van der Waals surface area (Å²) < 4.78 is 14.9. The van der Waals surface area contributed by atoms with E-state index in [-0.39, 0.29) is 32.5 Å². The SMILES string of the molecule is CCN(c1ccc(C(=O)O)cc1)c1c(F)cccc1NC(=O)c1c(Cl)cccc1Cl. The van der Waals surface area contributed by atoms with Crippen LogP contribution in [0.15, 0.2) is 60.7 Å². The Hall–Kier alpha value is -3.09. The van der Waals surface area contributed by atoms with E-state index in [1.807, 2.05) is 6.92 Å². The minimum Gasteiger partial charge on any atom is -0.478 e. The number of amides is 1. The van der Waals surface area contributed by atoms with E-state index in [9.17, 15) is 14.0 Å². The summed E-state index contributed by atoms with van der Waals surface area (Å²) in [5.74, 6) is -2.18. The molecule has 0 bridgehead atoms. The van der Waals surface area contributed by atoms with Gasteiger partial charge in [0.05, 0.1) is 26.9 Å². The number of nitrogens with one attached hydrogen (secondary N) is 1. The summed E-state index contributed by atoms with van der Waals surface area (Å²) >= 11 is 12.2. The molecule has 3 aromatic carbocycles. The molecule has 0 spiro atoms. The molecule has 0 atom stereocenters. The van der Waals surface area contributed by atoms with E-state index in [4.69, 9.17) is 28.3 Å². The predicted molar refractivity (Wildman–Crippen MR) is 117 cm³/mol. The number of aromatic carboxylic acids is 1. The smallest absolute Gasteiger partial charge is 0.335 e. The molecule has 0 aliphatic heterocycles. The van der Waals surface area contributed by atoms with Crippen LogP contribution in [0.3, 0.4) is 0 Å². The summed E-state index contributed by atoms with van der Waals surface area (Å²) in [6.07, 6.45) is 0. The topological polar surface area (TPSA) is 69.6 Å². The average Bonchev–Trinajstić information content (AvgIpc) is 2.70. The highest BCUT2D eigenvalue weighted by Crippen LogP contribution is 2.35. The normalized spacial score (nSPS) is 10.5. The van der Waals surface area contributed by atoms with Crippen molar-refractivity contribution in [3.8, 4) is 0 Å². The fourth-order valence-corrected chi connectivity index (χ4v) is 3.61. The number of nitrogens with zero attached hydrogens (tertiary/aromatic N) is 1. The molecule has 0 radical (unpaired) electrons. The maximum absolute atomic E-state index is 14.9. The van der Waals surface area contributed by atoms with Gasteiger partial charge in [-0.3, -0.25) is 4.79 Å². The lowest BCUT2D eigenvalue weighted by molar-refractivity contribution is 0.0696. The Morgan fingerprint density at radius 1 is 1.00 bits per heavy atom. The van der Waals surface area contributed by atoms with Crippen molar-refractivity contribution in [2.24, 2.45) is 0 Å². The summed E-state index contributed by atoms with van der Waals surface area (Å²) in [6, 6.07) is 15.0. The molecule has 0 heterocycles. The van der Waals surface area contributed by atoms with E-state index in [2.05, 4.69) is 5.32 Å². The number of carboxylic acids is 1. The Morgan fingerprint density at radius 3 is 2.17 bits per heavy atom. The summed E-state index contributed by atoms with van der Waals surface area (Å²) in [7, 11) is 0. The molecule has 0 unspecified atom stereocenters. The van der Waals surface area contributed by atoms with Crippen LogP contribution in [0.1, 0.15) is 27.6 Å². The molecule has 3 rings (SSSR count). The summed E-state index contributed by atoms with van der Waals surface area (Å²) in [5, 5.41) is 12.1. The standard InChI is InChI=1S/C22H17Cl2FN2O3/c1-2-27(14-11-9-13(10-12-14)22(29)30)20-17(25)7-4-8-18(20)26-21(28)19-15(23)5-3-6-16(19)24/h3-12H,2H2,1H3,(H,26,28)(H,29,30). The molecule has 5 nitrogen and oxygen atoms in total. The predicted octanol–water partition coefficient (Wildman–Crippen LogP) is 6.24. The number of carboxylic acid groups (broad SMARTS) is 1. The van der Waals surface area contributed by atoms with Gasteiger partial charge in [0, 0.05) is 12.2 Å². The highest BCUT2D eigenvalue weighted by molar-refractivity contribution is 6.40. The second-order valence-electron chi connectivity index (χ2n) is 6.28. The molecule has 154 valence electrons. The third-order valence-electron chi connectivity index (χ3n) is 4.44. The molecule has 0 saturated heterocycles. The van der Waals surface area contributed by atoms with Gasteiger partial charge in [-0.2, -0.15) is 0 Å². The Labute approximate surface area is 182 Å². The molecule has 0 aromatic heterocycles.